The maximum absolute atomic E-state index is 11.1. The monoisotopic (exact) mass is 249 g/mol. The van der Waals surface area contributed by atoms with Gasteiger partial charge >= 0.3 is 0 Å². The molecular weight excluding hydrogens is 238 g/mol. The Bertz CT molecular complexity index is 476. The van der Waals surface area contributed by atoms with E-state index in [4.69, 9.17) is 10.7 Å². The first kappa shape index (κ1) is 10.9. The number of halogens is 1. The SMILES string of the molecule is CC1CC(c2nnc(S(=O)(=O)Cl)n2C)C1. The summed E-state index contributed by atoms with van der Waals surface area (Å²) in [5, 5.41) is 7.33. The molecule has 0 amide bonds. The molecule has 0 radical (unpaired) electrons. The number of nitrogens with zero attached hydrogens (tertiary/aromatic N) is 3. The van der Waals surface area contributed by atoms with Crippen molar-refractivity contribution in [3.05, 3.63) is 5.82 Å². The van der Waals surface area contributed by atoms with Gasteiger partial charge in [0.1, 0.15) is 5.82 Å². The highest BCUT2D eigenvalue weighted by molar-refractivity contribution is 8.13. The van der Waals surface area contributed by atoms with E-state index in [0.29, 0.717) is 17.7 Å². The summed E-state index contributed by atoms with van der Waals surface area (Å²) < 4.78 is 23.7. The highest BCUT2D eigenvalue weighted by Crippen LogP contribution is 2.40. The summed E-state index contributed by atoms with van der Waals surface area (Å²) in [6.07, 6.45) is 2.07. The Morgan fingerprint density at radius 2 is 2.00 bits per heavy atom. The van der Waals surface area contributed by atoms with Crippen molar-refractivity contribution in [3.8, 4) is 0 Å². The molecule has 0 saturated heterocycles. The molecule has 15 heavy (non-hydrogen) atoms. The van der Waals surface area contributed by atoms with Crippen molar-refractivity contribution in [2.24, 2.45) is 13.0 Å². The maximum atomic E-state index is 11.1. The molecule has 0 N–H and O–H groups in total. The fourth-order valence-electron chi connectivity index (χ4n) is 2.01. The van der Waals surface area contributed by atoms with Crippen molar-refractivity contribution in [2.45, 2.75) is 30.8 Å². The van der Waals surface area contributed by atoms with Gasteiger partial charge in [0.15, 0.2) is 0 Å². The molecule has 1 aliphatic rings. The van der Waals surface area contributed by atoms with Gasteiger partial charge in [0.2, 0.25) is 0 Å². The Kier molecular flexibility index (Phi) is 2.50. The molecular formula is C8H12ClN3O2S. The quantitative estimate of drug-likeness (QED) is 0.740. The van der Waals surface area contributed by atoms with Crippen LogP contribution < -0.4 is 0 Å². The van der Waals surface area contributed by atoms with E-state index in [2.05, 4.69) is 17.1 Å². The number of hydrogen-bond donors (Lipinski definition) is 0. The van der Waals surface area contributed by atoms with Crippen molar-refractivity contribution in [2.75, 3.05) is 0 Å². The van der Waals surface area contributed by atoms with Crippen LogP contribution in [-0.4, -0.2) is 23.2 Å². The average molecular weight is 250 g/mol. The van der Waals surface area contributed by atoms with Crippen molar-refractivity contribution in [1.82, 2.24) is 14.8 Å². The standard InChI is InChI=1S/C8H12ClN3O2S/c1-5-3-6(4-5)7-10-11-8(12(7)2)15(9,13)14/h5-6H,3-4H2,1-2H3. The van der Waals surface area contributed by atoms with Crippen LogP contribution in [0.25, 0.3) is 0 Å². The Labute approximate surface area is 92.9 Å². The van der Waals surface area contributed by atoms with Crippen molar-refractivity contribution < 1.29 is 8.42 Å². The highest BCUT2D eigenvalue weighted by Gasteiger charge is 2.32. The molecule has 1 saturated carbocycles. The lowest BCUT2D eigenvalue weighted by Gasteiger charge is -2.31. The van der Waals surface area contributed by atoms with Gasteiger partial charge in [-0.3, -0.25) is 0 Å². The fraction of sp³-hybridized carbons (Fsp3) is 0.750. The minimum atomic E-state index is -3.78. The molecule has 0 aromatic carbocycles. The van der Waals surface area contributed by atoms with E-state index in [-0.39, 0.29) is 5.16 Å². The van der Waals surface area contributed by atoms with Crippen LogP contribution in [0.5, 0.6) is 0 Å². The zero-order valence-corrected chi connectivity index (χ0v) is 10.1. The lowest BCUT2D eigenvalue weighted by atomic mass is 9.76. The molecule has 5 nitrogen and oxygen atoms in total. The third-order valence-corrected chi connectivity index (χ3v) is 4.03. The van der Waals surface area contributed by atoms with Crippen molar-refractivity contribution >= 4 is 19.7 Å². The van der Waals surface area contributed by atoms with E-state index in [9.17, 15) is 8.42 Å². The Balaban J connectivity index is 2.33. The molecule has 0 aliphatic heterocycles. The van der Waals surface area contributed by atoms with Crippen LogP contribution in [0, 0.1) is 5.92 Å². The third-order valence-electron chi connectivity index (χ3n) is 2.83. The molecule has 7 heteroatoms. The number of rotatable bonds is 2. The third kappa shape index (κ3) is 1.88. The molecule has 2 rings (SSSR count). The highest BCUT2D eigenvalue weighted by atomic mass is 35.7. The molecule has 1 fully saturated rings. The summed E-state index contributed by atoms with van der Waals surface area (Å²) in [7, 11) is 3.07. The van der Waals surface area contributed by atoms with Gasteiger partial charge in [0.05, 0.1) is 0 Å². The zero-order chi connectivity index (χ0) is 11.2. The maximum Gasteiger partial charge on any atom is 0.296 e. The predicted octanol–water partition coefficient (Wildman–Crippen LogP) is 1.26. The predicted molar refractivity (Wildman–Crippen MR) is 55.2 cm³/mol. The first-order valence-corrected chi connectivity index (χ1v) is 7.04. The van der Waals surface area contributed by atoms with Crippen LogP contribution in [0.4, 0.5) is 0 Å². The van der Waals surface area contributed by atoms with Crippen LogP contribution >= 0.6 is 10.7 Å². The van der Waals surface area contributed by atoms with Gasteiger partial charge < -0.3 is 4.57 Å². The van der Waals surface area contributed by atoms with E-state index in [1.807, 2.05) is 0 Å². The summed E-state index contributed by atoms with van der Waals surface area (Å²) in [6.45, 7) is 2.16. The lowest BCUT2D eigenvalue weighted by molar-refractivity contribution is 0.272. The Morgan fingerprint density at radius 1 is 1.40 bits per heavy atom. The Hall–Kier alpha value is -0.620. The van der Waals surface area contributed by atoms with Gasteiger partial charge in [-0.05, 0) is 18.8 Å². The number of hydrogen-bond acceptors (Lipinski definition) is 4. The van der Waals surface area contributed by atoms with Gasteiger partial charge in [-0.2, -0.15) is 0 Å². The van der Waals surface area contributed by atoms with Crippen molar-refractivity contribution in [3.63, 3.8) is 0 Å². The topological polar surface area (TPSA) is 64.8 Å². The second kappa shape index (κ2) is 3.45. The first-order chi connectivity index (χ1) is 6.89. The normalized spacial score (nSPS) is 26.3. The van der Waals surface area contributed by atoms with Crippen LogP contribution in [-0.2, 0) is 16.1 Å². The van der Waals surface area contributed by atoms with E-state index >= 15 is 0 Å². The summed E-state index contributed by atoms with van der Waals surface area (Å²) in [5.41, 5.74) is 0. The van der Waals surface area contributed by atoms with Gasteiger partial charge in [-0.25, -0.2) is 8.42 Å². The summed E-state index contributed by atoms with van der Waals surface area (Å²) in [6, 6.07) is 0. The Morgan fingerprint density at radius 3 is 2.40 bits per heavy atom. The summed E-state index contributed by atoms with van der Waals surface area (Å²) in [4.78, 5) is 0. The second-order valence-corrected chi connectivity index (χ2v) is 6.57. The van der Waals surface area contributed by atoms with E-state index in [1.165, 1.54) is 4.57 Å². The fourth-order valence-corrected chi connectivity index (χ4v) is 2.97. The van der Waals surface area contributed by atoms with Crippen molar-refractivity contribution in [1.29, 1.82) is 0 Å². The minimum absolute atomic E-state index is 0.168. The summed E-state index contributed by atoms with van der Waals surface area (Å²) in [5.74, 6) is 1.72. The van der Waals surface area contributed by atoms with E-state index in [0.717, 1.165) is 12.8 Å². The zero-order valence-electron chi connectivity index (χ0n) is 8.51. The molecule has 84 valence electrons. The molecule has 0 unspecified atom stereocenters. The van der Waals surface area contributed by atoms with Crippen LogP contribution in [0.1, 0.15) is 31.5 Å². The molecule has 1 aliphatic carbocycles. The lowest BCUT2D eigenvalue weighted by Crippen LogP contribution is -2.22. The van der Waals surface area contributed by atoms with Crippen LogP contribution in [0.15, 0.2) is 5.16 Å². The van der Waals surface area contributed by atoms with E-state index in [1.54, 1.807) is 7.05 Å². The van der Waals surface area contributed by atoms with Gasteiger partial charge in [0, 0.05) is 23.6 Å². The molecule has 0 atom stereocenters. The van der Waals surface area contributed by atoms with Gasteiger partial charge in [-0.1, -0.05) is 6.92 Å². The van der Waals surface area contributed by atoms with Crippen LogP contribution in [0.3, 0.4) is 0 Å². The summed E-state index contributed by atoms with van der Waals surface area (Å²) >= 11 is 0. The minimum Gasteiger partial charge on any atom is -0.304 e. The average Bonchev–Trinajstić information content (AvgIpc) is 2.40. The largest absolute Gasteiger partial charge is 0.304 e. The molecule has 1 heterocycles. The molecule has 1 aromatic rings. The van der Waals surface area contributed by atoms with Gasteiger partial charge in [0.25, 0.3) is 14.2 Å². The van der Waals surface area contributed by atoms with E-state index < -0.39 is 9.05 Å². The smallest absolute Gasteiger partial charge is 0.296 e. The first-order valence-electron chi connectivity index (χ1n) is 4.73. The number of aromatic nitrogens is 3. The molecule has 1 aromatic heterocycles. The molecule has 0 bridgehead atoms. The van der Waals surface area contributed by atoms with Gasteiger partial charge in [-0.15, -0.1) is 10.2 Å². The molecule has 0 spiro atoms. The van der Waals surface area contributed by atoms with Crippen LogP contribution in [0.2, 0.25) is 0 Å². The second-order valence-electron chi connectivity index (χ2n) is 4.11.